The first-order valence-corrected chi connectivity index (χ1v) is 6.95. The molecule has 3 heteroatoms. The van der Waals surface area contributed by atoms with E-state index in [1.165, 1.54) is 12.8 Å². The van der Waals surface area contributed by atoms with Gasteiger partial charge in [0.15, 0.2) is 0 Å². The zero-order chi connectivity index (χ0) is 10.6. The van der Waals surface area contributed by atoms with E-state index in [1.807, 2.05) is 11.8 Å². The number of aliphatic hydroxyl groups excluding tert-OH is 1. The summed E-state index contributed by atoms with van der Waals surface area (Å²) in [4.78, 5) is 2.36. The van der Waals surface area contributed by atoms with Gasteiger partial charge in [0.05, 0.1) is 6.10 Å². The molecule has 0 spiro atoms. The molecule has 1 aliphatic rings. The standard InChI is InChI=1S/C11H23NOS/c1-9(8-14-3)12(2)10-6-4-5-7-11(10)13/h9-11,13H,4-8H2,1-3H3/t9?,10-,11-/m1/s1. The Hall–Kier alpha value is 0.270. The second-order valence-corrected chi connectivity index (χ2v) is 5.30. The van der Waals surface area contributed by atoms with Crippen LogP contribution in [0.2, 0.25) is 0 Å². The summed E-state index contributed by atoms with van der Waals surface area (Å²) in [5, 5.41) is 9.91. The topological polar surface area (TPSA) is 23.5 Å². The lowest BCUT2D eigenvalue weighted by molar-refractivity contribution is 0.0200. The van der Waals surface area contributed by atoms with Gasteiger partial charge < -0.3 is 5.11 Å². The van der Waals surface area contributed by atoms with Gasteiger partial charge in [-0.3, -0.25) is 4.90 Å². The monoisotopic (exact) mass is 217 g/mol. The summed E-state index contributed by atoms with van der Waals surface area (Å²) in [6.45, 7) is 2.25. The number of likely N-dealkylation sites (N-methyl/N-ethyl adjacent to an activating group) is 1. The third-order valence-electron chi connectivity index (χ3n) is 3.32. The van der Waals surface area contributed by atoms with E-state index in [0.29, 0.717) is 12.1 Å². The molecule has 1 fully saturated rings. The number of hydrogen-bond acceptors (Lipinski definition) is 3. The summed E-state index contributed by atoms with van der Waals surface area (Å²) in [5.74, 6) is 1.15. The fraction of sp³-hybridized carbons (Fsp3) is 1.00. The molecule has 14 heavy (non-hydrogen) atoms. The lowest BCUT2D eigenvalue weighted by Gasteiger charge is -2.38. The molecule has 2 nitrogen and oxygen atoms in total. The molecule has 0 radical (unpaired) electrons. The highest BCUT2D eigenvalue weighted by Gasteiger charge is 2.28. The molecule has 0 bridgehead atoms. The number of rotatable bonds is 4. The number of hydrogen-bond donors (Lipinski definition) is 1. The van der Waals surface area contributed by atoms with Crippen LogP contribution in [0.4, 0.5) is 0 Å². The molecule has 0 heterocycles. The summed E-state index contributed by atoms with van der Waals surface area (Å²) in [7, 11) is 2.15. The van der Waals surface area contributed by atoms with Gasteiger partial charge in [0.2, 0.25) is 0 Å². The minimum absolute atomic E-state index is 0.0990. The minimum Gasteiger partial charge on any atom is -0.391 e. The van der Waals surface area contributed by atoms with Gasteiger partial charge in [0, 0.05) is 17.8 Å². The van der Waals surface area contributed by atoms with Crippen molar-refractivity contribution in [1.29, 1.82) is 0 Å². The summed E-state index contributed by atoms with van der Waals surface area (Å²) >= 11 is 1.88. The van der Waals surface area contributed by atoms with Crippen LogP contribution >= 0.6 is 11.8 Å². The van der Waals surface area contributed by atoms with Gasteiger partial charge in [0.25, 0.3) is 0 Å². The van der Waals surface area contributed by atoms with Gasteiger partial charge in [-0.2, -0.15) is 11.8 Å². The molecule has 0 aromatic heterocycles. The van der Waals surface area contributed by atoms with E-state index in [-0.39, 0.29) is 6.10 Å². The maximum absolute atomic E-state index is 9.91. The van der Waals surface area contributed by atoms with E-state index in [4.69, 9.17) is 0 Å². The van der Waals surface area contributed by atoms with Crippen molar-refractivity contribution in [1.82, 2.24) is 4.90 Å². The Bertz CT molecular complexity index is 165. The van der Waals surface area contributed by atoms with Gasteiger partial charge in [-0.15, -0.1) is 0 Å². The molecule has 1 saturated carbocycles. The van der Waals surface area contributed by atoms with Gasteiger partial charge in [-0.05, 0) is 33.1 Å². The van der Waals surface area contributed by atoms with E-state index in [0.717, 1.165) is 18.6 Å². The summed E-state index contributed by atoms with van der Waals surface area (Å²) in [6, 6.07) is 0.966. The lowest BCUT2D eigenvalue weighted by Crippen LogP contribution is -2.48. The van der Waals surface area contributed by atoms with Gasteiger partial charge in [-0.25, -0.2) is 0 Å². The summed E-state index contributed by atoms with van der Waals surface area (Å²) in [6.07, 6.45) is 6.66. The molecule has 0 aromatic carbocycles. The predicted octanol–water partition coefficient (Wildman–Crippen LogP) is 1.97. The second kappa shape index (κ2) is 5.99. The number of nitrogens with zero attached hydrogens (tertiary/aromatic N) is 1. The average molecular weight is 217 g/mol. The van der Waals surface area contributed by atoms with E-state index < -0.39 is 0 Å². The third kappa shape index (κ3) is 3.14. The Morgan fingerprint density at radius 2 is 2.07 bits per heavy atom. The molecular weight excluding hydrogens is 194 g/mol. The smallest absolute Gasteiger partial charge is 0.0695 e. The molecule has 0 saturated heterocycles. The Kier molecular flexibility index (Phi) is 5.28. The van der Waals surface area contributed by atoms with E-state index >= 15 is 0 Å². The van der Waals surface area contributed by atoms with E-state index in [9.17, 15) is 5.11 Å². The average Bonchev–Trinajstić information content (AvgIpc) is 2.18. The van der Waals surface area contributed by atoms with Crippen molar-refractivity contribution in [3.05, 3.63) is 0 Å². The highest BCUT2D eigenvalue weighted by atomic mass is 32.2. The Morgan fingerprint density at radius 3 is 2.64 bits per heavy atom. The van der Waals surface area contributed by atoms with Crippen molar-refractivity contribution in [2.45, 2.75) is 50.8 Å². The first-order chi connectivity index (χ1) is 6.66. The molecule has 1 aliphatic carbocycles. The van der Waals surface area contributed by atoms with Crippen LogP contribution in [0.5, 0.6) is 0 Å². The van der Waals surface area contributed by atoms with Crippen molar-refractivity contribution in [2.24, 2.45) is 0 Å². The molecule has 0 amide bonds. The quantitative estimate of drug-likeness (QED) is 0.779. The fourth-order valence-corrected chi connectivity index (χ4v) is 2.97. The van der Waals surface area contributed by atoms with Crippen LogP contribution in [0.3, 0.4) is 0 Å². The van der Waals surface area contributed by atoms with Crippen molar-refractivity contribution >= 4 is 11.8 Å². The Labute approximate surface area is 92.1 Å². The van der Waals surface area contributed by atoms with Crippen LogP contribution in [-0.2, 0) is 0 Å². The largest absolute Gasteiger partial charge is 0.391 e. The van der Waals surface area contributed by atoms with Crippen LogP contribution in [0.1, 0.15) is 32.6 Å². The minimum atomic E-state index is -0.0990. The van der Waals surface area contributed by atoms with E-state index in [1.54, 1.807) is 0 Å². The molecule has 0 aromatic rings. The highest BCUT2D eigenvalue weighted by molar-refractivity contribution is 7.98. The Morgan fingerprint density at radius 1 is 1.43 bits per heavy atom. The first-order valence-electron chi connectivity index (χ1n) is 5.55. The van der Waals surface area contributed by atoms with Gasteiger partial charge >= 0.3 is 0 Å². The number of aliphatic hydroxyl groups is 1. The van der Waals surface area contributed by atoms with Crippen LogP contribution in [0, 0.1) is 0 Å². The Balaban J connectivity index is 2.44. The van der Waals surface area contributed by atoms with Crippen molar-refractivity contribution < 1.29 is 5.11 Å². The van der Waals surface area contributed by atoms with Crippen LogP contribution in [0.15, 0.2) is 0 Å². The zero-order valence-electron chi connectivity index (χ0n) is 9.57. The molecule has 1 unspecified atom stereocenters. The highest BCUT2D eigenvalue weighted by Crippen LogP contribution is 2.24. The van der Waals surface area contributed by atoms with Crippen LogP contribution < -0.4 is 0 Å². The van der Waals surface area contributed by atoms with Gasteiger partial charge in [-0.1, -0.05) is 12.8 Å². The summed E-state index contributed by atoms with van der Waals surface area (Å²) < 4.78 is 0. The third-order valence-corrected chi connectivity index (χ3v) is 4.14. The molecular formula is C11H23NOS. The predicted molar refractivity (Wildman–Crippen MR) is 63.9 cm³/mol. The molecule has 3 atom stereocenters. The second-order valence-electron chi connectivity index (χ2n) is 4.39. The number of thioether (sulfide) groups is 1. The lowest BCUT2D eigenvalue weighted by atomic mass is 9.91. The maximum atomic E-state index is 9.91. The first kappa shape index (κ1) is 12.3. The zero-order valence-corrected chi connectivity index (χ0v) is 10.4. The molecule has 0 aliphatic heterocycles. The fourth-order valence-electron chi connectivity index (χ4n) is 2.25. The summed E-state index contributed by atoms with van der Waals surface area (Å²) in [5.41, 5.74) is 0. The van der Waals surface area contributed by atoms with Crippen LogP contribution in [0.25, 0.3) is 0 Å². The van der Waals surface area contributed by atoms with Crippen LogP contribution in [-0.4, -0.2) is 47.3 Å². The van der Waals surface area contributed by atoms with Gasteiger partial charge in [0.1, 0.15) is 0 Å². The van der Waals surface area contributed by atoms with Crippen molar-refractivity contribution in [3.8, 4) is 0 Å². The van der Waals surface area contributed by atoms with E-state index in [2.05, 4.69) is 25.1 Å². The molecule has 84 valence electrons. The van der Waals surface area contributed by atoms with Crippen molar-refractivity contribution in [2.75, 3.05) is 19.1 Å². The van der Waals surface area contributed by atoms with Crippen molar-refractivity contribution in [3.63, 3.8) is 0 Å². The molecule has 1 rings (SSSR count). The normalized spacial score (nSPS) is 30.6. The SMILES string of the molecule is CSCC(C)N(C)[C@@H]1CCCC[C@H]1O. The molecule has 1 N–H and O–H groups in total. The maximum Gasteiger partial charge on any atom is 0.0695 e.